The van der Waals surface area contributed by atoms with Crippen molar-refractivity contribution < 1.29 is 9.13 Å². The lowest BCUT2D eigenvalue weighted by molar-refractivity contribution is 0.0986. The number of aromatic nitrogens is 4. The Morgan fingerprint density at radius 1 is 1.20 bits per heavy atom. The molecule has 0 radical (unpaired) electrons. The summed E-state index contributed by atoms with van der Waals surface area (Å²) in [5, 5.41) is 8.09. The molecule has 4 aromatic rings. The molecule has 1 saturated heterocycles. The van der Waals surface area contributed by atoms with E-state index >= 15 is 0 Å². The van der Waals surface area contributed by atoms with Crippen LogP contribution in [0.25, 0.3) is 33.4 Å². The largest absolute Gasteiger partial charge is 0.377 e. The molecule has 3 aromatic heterocycles. The fourth-order valence-corrected chi connectivity index (χ4v) is 4.05. The zero-order valence-electron chi connectivity index (χ0n) is 16.9. The van der Waals surface area contributed by atoms with Crippen molar-refractivity contribution in [3.05, 3.63) is 60.2 Å². The quantitative estimate of drug-likeness (QED) is 0.551. The molecule has 5 rings (SSSR count). The Hall–Kier alpha value is -3.32. The van der Waals surface area contributed by atoms with Crippen molar-refractivity contribution in [2.45, 2.75) is 19.9 Å². The third-order valence-corrected chi connectivity index (χ3v) is 5.58. The molecule has 1 fully saturated rings. The van der Waals surface area contributed by atoms with E-state index in [0.29, 0.717) is 13.2 Å². The number of fused-ring (bicyclic) bond motifs is 1. The number of aryl methyl sites for hydroxylation is 1. The molecule has 6 nitrogen and oxygen atoms in total. The monoisotopic (exact) mass is 403 g/mol. The second kappa shape index (κ2) is 7.50. The first kappa shape index (κ1) is 18.7. The molecule has 0 spiro atoms. The molecule has 1 N–H and O–H groups in total. The van der Waals surface area contributed by atoms with Gasteiger partial charge >= 0.3 is 0 Å². The van der Waals surface area contributed by atoms with Gasteiger partial charge in [0.05, 0.1) is 24.9 Å². The summed E-state index contributed by atoms with van der Waals surface area (Å²) in [6.07, 6.45) is 3.56. The molecule has 4 heterocycles. The number of anilines is 1. The SMILES string of the molecule is Cc1cnc(-c2ccn[nH]2)c2nc(N3CCOCC3C)cc(-c3ccc(F)cc3)c12. The molecule has 30 heavy (non-hydrogen) atoms. The van der Waals surface area contributed by atoms with Crippen molar-refractivity contribution in [2.24, 2.45) is 0 Å². The number of rotatable bonds is 3. The molecule has 0 aliphatic carbocycles. The van der Waals surface area contributed by atoms with Crippen LogP contribution in [0.1, 0.15) is 12.5 Å². The van der Waals surface area contributed by atoms with Gasteiger partial charge in [0.25, 0.3) is 0 Å². The number of pyridine rings is 2. The van der Waals surface area contributed by atoms with E-state index < -0.39 is 0 Å². The summed E-state index contributed by atoms with van der Waals surface area (Å²) in [5.74, 6) is 0.612. The molecule has 0 amide bonds. The van der Waals surface area contributed by atoms with Crippen LogP contribution in [-0.2, 0) is 4.74 Å². The van der Waals surface area contributed by atoms with Crippen LogP contribution in [0, 0.1) is 12.7 Å². The predicted octanol–water partition coefficient (Wildman–Crippen LogP) is 4.36. The predicted molar refractivity (Wildman–Crippen MR) is 115 cm³/mol. The van der Waals surface area contributed by atoms with Crippen molar-refractivity contribution in [1.82, 2.24) is 20.2 Å². The maximum Gasteiger partial charge on any atom is 0.130 e. The van der Waals surface area contributed by atoms with Crippen LogP contribution >= 0.6 is 0 Å². The summed E-state index contributed by atoms with van der Waals surface area (Å²) >= 11 is 0. The highest BCUT2D eigenvalue weighted by molar-refractivity contribution is 6.03. The van der Waals surface area contributed by atoms with Crippen molar-refractivity contribution in [2.75, 3.05) is 24.7 Å². The normalized spacial score (nSPS) is 16.9. The smallest absolute Gasteiger partial charge is 0.130 e. The Bertz CT molecular complexity index is 1190. The molecule has 1 aliphatic rings. The fraction of sp³-hybridized carbons (Fsp3) is 0.261. The minimum atomic E-state index is -0.254. The summed E-state index contributed by atoms with van der Waals surface area (Å²) < 4.78 is 19.2. The van der Waals surface area contributed by atoms with Gasteiger partial charge in [0.15, 0.2) is 0 Å². The van der Waals surface area contributed by atoms with E-state index in [1.165, 1.54) is 12.1 Å². The number of H-pyrrole nitrogens is 1. The summed E-state index contributed by atoms with van der Waals surface area (Å²) in [6, 6.07) is 10.8. The molecule has 152 valence electrons. The highest BCUT2D eigenvalue weighted by Gasteiger charge is 2.23. The third-order valence-electron chi connectivity index (χ3n) is 5.58. The van der Waals surface area contributed by atoms with Crippen LogP contribution in [0.2, 0.25) is 0 Å². The van der Waals surface area contributed by atoms with Gasteiger partial charge in [-0.15, -0.1) is 0 Å². The number of nitrogens with one attached hydrogen (secondary N) is 1. The Balaban J connectivity index is 1.81. The first-order valence-electron chi connectivity index (χ1n) is 10.0. The van der Waals surface area contributed by atoms with Gasteiger partial charge in [-0.2, -0.15) is 5.10 Å². The van der Waals surface area contributed by atoms with E-state index in [1.807, 2.05) is 31.3 Å². The van der Waals surface area contributed by atoms with E-state index in [4.69, 9.17) is 9.72 Å². The molecule has 7 heteroatoms. The van der Waals surface area contributed by atoms with Gasteiger partial charge in [-0.05, 0) is 54.8 Å². The van der Waals surface area contributed by atoms with Crippen molar-refractivity contribution in [3.8, 4) is 22.5 Å². The van der Waals surface area contributed by atoms with Gasteiger partial charge in [0, 0.05) is 24.3 Å². The number of benzene rings is 1. The molecule has 1 unspecified atom stereocenters. The summed E-state index contributed by atoms with van der Waals surface area (Å²) in [5.41, 5.74) is 5.32. The maximum atomic E-state index is 13.6. The van der Waals surface area contributed by atoms with Gasteiger partial charge in [-0.3, -0.25) is 10.1 Å². The number of halogens is 1. The van der Waals surface area contributed by atoms with E-state index in [1.54, 1.807) is 6.20 Å². The standard InChI is InChI=1S/C23H22FN5O/c1-14-12-25-22(19-7-8-26-28-19)23-21(14)18(16-3-5-17(24)6-4-16)11-20(27-23)29-9-10-30-13-15(29)2/h3-8,11-12,15H,9-10,13H2,1-2H3,(H,26,28). The van der Waals surface area contributed by atoms with Gasteiger partial charge < -0.3 is 9.64 Å². The second-order valence-electron chi connectivity index (χ2n) is 7.64. The van der Waals surface area contributed by atoms with Gasteiger partial charge in [-0.25, -0.2) is 9.37 Å². The molecule has 1 aromatic carbocycles. The second-order valence-corrected chi connectivity index (χ2v) is 7.64. The average molecular weight is 403 g/mol. The van der Waals surface area contributed by atoms with Crippen LogP contribution in [0.3, 0.4) is 0 Å². The first-order valence-corrected chi connectivity index (χ1v) is 10.0. The third kappa shape index (κ3) is 3.21. The molecule has 1 aliphatic heterocycles. The van der Waals surface area contributed by atoms with Crippen LogP contribution in [-0.4, -0.2) is 46.0 Å². The summed E-state index contributed by atoms with van der Waals surface area (Å²) in [4.78, 5) is 12.0. The van der Waals surface area contributed by atoms with Crippen LogP contribution < -0.4 is 4.90 Å². The number of morpholine rings is 1. The number of ether oxygens (including phenoxy) is 1. The van der Waals surface area contributed by atoms with E-state index in [0.717, 1.165) is 51.3 Å². The topological polar surface area (TPSA) is 66.9 Å². The maximum absolute atomic E-state index is 13.6. The Kier molecular flexibility index (Phi) is 4.67. The Morgan fingerprint density at radius 3 is 2.77 bits per heavy atom. The molecular formula is C23H22FN5O. The van der Waals surface area contributed by atoms with Crippen molar-refractivity contribution in [3.63, 3.8) is 0 Å². The average Bonchev–Trinajstić information content (AvgIpc) is 3.29. The van der Waals surface area contributed by atoms with E-state index in [9.17, 15) is 4.39 Å². The Labute approximate surface area is 173 Å². The van der Waals surface area contributed by atoms with Crippen molar-refractivity contribution >= 4 is 16.7 Å². The lowest BCUT2D eigenvalue weighted by Crippen LogP contribution is -2.44. The Morgan fingerprint density at radius 2 is 2.03 bits per heavy atom. The molecule has 1 atom stereocenters. The summed E-state index contributed by atoms with van der Waals surface area (Å²) in [7, 11) is 0. The molecular weight excluding hydrogens is 381 g/mol. The fourth-order valence-electron chi connectivity index (χ4n) is 4.05. The minimum absolute atomic E-state index is 0.207. The van der Waals surface area contributed by atoms with Crippen molar-refractivity contribution in [1.29, 1.82) is 0 Å². The highest BCUT2D eigenvalue weighted by Crippen LogP contribution is 2.37. The zero-order valence-corrected chi connectivity index (χ0v) is 16.9. The van der Waals surface area contributed by atoms with Crippen LogP contribution in [0.15, 0.2) is 48.8 Å². The number of hydrogen-bond acceptors (Lipinski definition) is 5. The zero-order chi connectivity index (χ0) is 20.7. The number of aromatic amines is 1. The van der Waals surface area contributed by atoms with Gasteiger partial charge in [-0.1, -0.05) is 12.1 Å². The molecule has 0 saturated carbocycles. The van der Waals surface area contributed by atoms with Gasteiger partial charge in [0.1, 0.15) is 22.8 Å². The number of nitrogens with zero attached hydrogens (tertiary/aromatic N) is 4. The van der Waals surface area contributed by atoms with Crippen LogP contribution in [0.5, 0.6) is 0 Å². The number of hydrogen-bond donors (Lipinski definition) is 1. The summed E-state index contributed by atoms with van der Waals surface area (Å²) in [6.45, 7) is 6.24. The highest BCUT2D eigenvalue weighted by atomic mass is 19.1. The van der Waals surface area contributed by atoms with Crippen LogP contribution in [0.4, 0.5) is 10.2 Å². The first-order chi connectivity index (χ1) is 14.6. The minimum Gasteiger partial charge on any atom is -0.377 e. The van der Waals surface area contributed by atoms with E-state index in [2.05, 4.69) is 33.1 Å². The van der Waals surface area contributed by atoms with E-state index in [-0.39, 0.29) is 11.9 Å². The molecule has 0 bridgehead atoms. The lowest BCUT2D eigenvalue weighted by atomic mass is 9.97. The van der Waals surface area contributed by atoms with Gasteiger partial charge in [0.2, 0.25) is 0 Å². The lowest BCUT2D eigenvalue weighted by Gasteiger charge is -2.34.